The van der Waals surface area contributed by atoms with Crippen molar-refractivity contribution in [1.29, 1.82) is 0 Å². The summed E-state index contributed by atoms with van der Waals surface area (Å²) >= 11 is 0. The highest BCUT2D eigenvalue weighted by atomic mass is 15.1. The SMILES string of the molecule is [2H]/C(=C(/[2H])c1ccc2c(c1)C(C)(C)c1cc3c(cc1-2)c(-c1ccccc1)c(-c1ccccc1)n3-c1ccccc1)c1ccc(N(c2ccc3ccccc3c2)c2ccc3ccccc3c2)cc1. The van der Waals surface area contributed by atoms with Gasteiger partial charge in [-0.15, -0.1) is 0 Å². The van der Waals surface area contributed by atoms with Gasteiger partial charge in [-0.2, -0.15) is 0 Å². The average molecular weight is 833 g/mol. The Morgan fingerprint density at radius 1 is 0.431 bits per heavy atom. The van der Waals surface area contributed by atoms with Crippen LogP contribution in [0.3, 0.4) is 0 Å². The molecule has 0 bridgehead atoms. The van der Waals surface area contributed by atoms with Gasteiger partial charge in [0.25, 0.3) is 0 Å². The Hall–Kier alpha value is -8.20. The van der Waals surface area contributed by atoms with E-state index in [1.807, 2.05) is 18.2 Å². The van der Waals surface area contributed by atoms with Crippen LogP contribution in [-0.2, 0) is 5.41 Å². The second-order valence-electron chi connectivity index (χ2n) is 17.6. The second-order valence-corrected chi connectivity index (χ2v) is 17.6. The quantitative estimate of drug-likeness (QED) is 0.139. The van der Waals surface area contributed by atoms with Crippen LogP contribution in [0, 0.1) is 0 Å². The number of hydrogen-bond acceptors (Lipinski definition) is 1. The van der Waals surface area contributed by atoms with Crippen LogP contribution in [0.15, 0.2) is 231 Å². The molecule has 0 fully saturated rings. The maximum atomic E-state index is 9.49. The van der Waals surface area contributed by atoms with E-state index in [0.717, 1.165) is 45.0 Å². The molecule has 0 saturated heterocycles. The number of nitrogens with zero attached hydrogens (tertiary/aromatic N) is 2. The van der Waals surface area contributed by atoms with E-state index >= 15 is 0 Å². The first-order valence-electron chi connectivity index (χ1n) is 23.4. The first-order chi connectivity index (χ1) is 32.8. The lowest BCUT2D eigenvalue weighted by molar-refractivity contribution is 0.661. The molecule has 1 heterocycles. The van der Waals surface area contributed by atoms with Gasteiger partial charge in [0, 0.05) is 39.1 Å². The van der Waals surface area contributed by atoms with Crippen LogP contribution in [0.2, 0.25) is 0 Å². The lowest BCUT2D eigenvalue weighted by atomic mass is 9.81. The summed E-state index contributed by atoms with van der Waals surface area (Å²) in [5, 5.41) is 5.91. The van der Waals surface area contributed by atoms with Crippen LogP contribution in [0.25, 0.3) is 83.8 Å². The lowest BCUT2D eigenvalue weighted by Crippen LogP contribution is -2.15. The van der Waals surface area contributed by atoms with Crippen molar-refractivity contribution in [2.24, 2.45) is 0 Å². The van der Waals surface area contributed by atoms with Crippen LogP contribution in [0.1, 0.15) is 38.8 Å². The zero-order valence-corrected chi connectivity index (χ0v) is 36.3. The van der Waals surface area contributed by atoms with E-state index in [2.05, 4.69) is 236 Å². The van der Waals surface area contributed by atoms with E-state index in [1.165, 1.54) is 60.4 Å². The van der Waals surface area contributed by atoms with E-state index in [0.29, 0.717) is 5.56 Å². The van der Waals surface area contributed by atoms with Crippen LogP contribution in [0.4, 0.5) is 17.1 Å². The van der Waals surface area contributed by atoms with Crippen molar-refractivity contribution in [3.63, 3.8) is 0 Å². The Balaban J connectivity index is 0.945. The van der Waals surface area contributed by atoms with Crippen molar-refractivity contribution in [1.82, 2.24) is 4.57 Å². The predicted octanol–water partition coefficient (Wildman–Crippen LogP) is 17.2. The van der Waals surface area contributed by atoms with Gasteiger partial charge in [0.2, 0.25) is 0 Å². The molecule has 0 N–H and O–H groups in total. The van der Waals surface area contributed by atoms with Crippen molar-refractivity contribution in [3.8, 4) is 39.2 Å². The molecule has 2 heteroatoms. The van der Waals surface area contributed by atoms with Gasteiger partial charge < -0.3 is 9.47 Å². The highest BCUT2D eigenvalue weighted by Crippen LogP contribution is 2.53. The molecule has 0 amide bonds. The fourth-order valence-corrected chi connectivity index (χ4v) is 10.1. The number of hydrogen-bond donors (Lipinski definition) is 0. The molecular weight excluding hydrogens is 785 g/mol. The molecule has 0 atom stereocenters. The molecule has 0 unspecified atom stereocenters. The number of aromatic nitrogens is 1. The molecular formula is C63H46N2. The van der Waals surface area contributed by atoms with Crippen molar-refractivity contribution in [2.45, 2.75) is 19.3 Å². The molecule has 0 spiro atoms. The average Bonchev–Trinajstić information content (AvgIpc) is 3.83. The molecule has 2 nitrogen and oxygen atoms in total. The minimum absolute atomic E-state index is 0.186. The van der Waals surface area contributed by atoms with E-state index in [1.54, 1.807) is 0 Å². The third-order valence-corrected chi connectivity index (χ3v) is 13.3. The van der Waals surface area contributed by atoms with E-state index in [-0.39, 0.29) is 17.5 Å². The molecule has 308 valence electrons. The summed E-state index contributed by atoms with van der Waals surface area (Å²) < 4.78 is 21.3. The van der Waals surface area contributed by atoms with Gasteiger partial charge in [-0.05, 0) is 127 Å². The Labute approximate surface area is 383 Å². The van der Waals surface area contributed by atoms with Gasteiger partial charge in [0.15, 0.2) is 0 Å². The lowest BCUT2D eigenvalue weighted by Gasteiger charge is -2.26. The monoisotopic (exact) mass is 832 g/mol. The fourth-order valence-electron chi connectivity index (χ4n) is 10.1. The summed E-state index contributed by atoms with van der Waals surface area (Å²) in [5.74, 6) is 0. The van der Waals surface area contributed by atoms with Crippen molar-refractivity contribution in [3.05, 3.63) is 253 Å². The number of benzene rings is 10. The highest BCUT2D eigenvalue weighted by molar-refractivity contribution is 6.08. The maximum absolute atomic E-state index is 9.49. The second kappa shape index (κ2) is 15.6. The molecule has 1 aromatic heterocycles. The van der Waals surface area contributed by atoms with Gasteiger partial charge >= 0.3 is 0 Å². The van der Waals surface area contributed by atoms with Crippen molar-refractivity contribution < 1.29 is 2.74 Å². The molecule has 65 heavy (non-hydrogen) atoms. The van der Waals surface area contributed by atoms with Gasteiger partial charge in [0.05, 0.1) is 14.0 Å². The highest BCUT2D eigenvalue weighted by Gasteiger charge is 2.37. The van der Waals surface area contributed by atoms with Crippen molar-refractivity contribution >= 4 is 61.6 Å². The minimum atomic E-state index is -0.362. The largest absolute Gasteiger partial charge is 0.310 e. The molecule has 10 aromatic carbocycles. The van der Waals surface area contributed by atoms with E-state index in [4.69, 9.17) is 0 Å². The number of anilines is 3. The molecule has 0 radical (unpaired) electrons. The number of para-hydroxylation sites is 1. The summed E-state index contributed by atoms with van der Waals surface area (Å²) in [6.45, 7) is 4.59. The molecule has 1 aliphatic rings. The van der Waals surface area contributed by atoms with Gasteiger partial charge in [-0.1, -0.05) is 196 Å². The third kappa shape index (κ3) is 6.65. The Morgan fingerprint density at radius 3 is 1.57 bits per heavy atom. The van der Waals surface area contributed by atoms with Crippen LogP contribution in [-0.4, -0.2) is 4.57 Å². The molecule has 11 aromatic rings. The zero-order valence-electron chi connectivity index (χ0n) is 38.3. The van der Waals surface area contributed by atoms with Crippen LogP contribution < -0.4 is 4.90 Å². The Morgan fingerprint density at radius 2 is 0.938 bits per heavy atom. The first kappa shape index (κ1) is 36.3. The number of rotatable bonds is 8. The fraction of sp³-hybridized carbons (Fsp3) is 0.0476. The molecule has 1 aliphatic carbocycles. The first-order valence-corrected chi connectivity index (χ1v) is 22.4. The molecule has 0 saturated carbocycles. The standard InChI is InChI=1S/C63H46N2/c1-63(2)58-38-44(27-26-43-28-33-52(34-29-43)64(53-35-31-45-16-12-14-22-49(45)39-53)54-36-32-46-17-13-15-23-50(46)40-54)30-37-55(58)56-41-57-60(42-59(56)63)65(51-24-10-5-11-25-51)62(48-20-8-4-9-21-48)61(57)47-18-6-3-7-19-47/h3-42H,1-2H3/b27-26+/i26D,27D. The topological polar surface area (TPSA) is 8.17 Å². The van der Waals surface area contributed by atoms with Gasteiger partial charge in [0.1, 0.15) is 0 Å². The van der Waals surface area contributed by atoms with E-state index < -0.39 is 0 Å². The van der Waals surface area contributed by atoms with Crippen molar-refractivity contribution in [2.75, 3.05) is 4.90 Å². The van der Waals surface area contributed by atoms with Crippen LogP contribution >= 0.6 is 0 Å². The summed E-state index contributed by atoms with van der Waals surface area (Å²) in [6.07, 6.45) is 0. The maximum Gasteiger partial charge on any atom is 0.0629 e. The zero-order chi connectivity index (χ0) is 45.2. The predicted molar refractivity (Wildman–Crippen MR) is 277 cm³/mol. The summed E-state index contributed by atoms with van der Waals surface area (Å²) in [6, 6.07) is 81.9. The smallest absolute Gasteiger partial charge is 0.0629 e. The van der Waals surface area contributed by atoms with Gasteiger partial charge in [-0.3, -0.25) is 0 Å². The Bertz CT molecular complexity index is 3640. The molecule has 0 aliphatic heterocycles. The summed E-state index contributed by atoms with van der Waals surface area (Å²) in [4.78, 5) is 2.27. The van der Waals surface area contributed by atoms with E-state index in [9.17, 15) is 2.74 Å². The minimum Gasteiger partial charge on any atom is -0.310 e. The summed E-state index contributed by atoms with van der Waals surface area (Å²) in [5.41, 5.74) is 15.9. The van der Waals surface area contributed by atoms with Gasteiger partial charge in [-0.25, -0.2) is 0 Å². The third-order valence-electron chi connectivity index (χ3n) is 13.3. The molecule has 12 rings (SSSR count). The Kier molecular flexibility index (Phi) is 8.69. The number of fused-ring (bicyclic) bond motifs is 6. The van der Waals surface area contributed by atoms with Crippen LogP contribution in [0.5, 0.6) is 0 Å². The summed E-state index contributed by atoms with van der Waals surface area (Å²) in [7, 11) is 0. The normalized spacial score (nSPS) is 13.6.